The standard InChI is InChI=1S/C20H25N3O3/c1-2-26-20(24)17-9-6-10-21-19(17)22-15-18(16-7-4-3-5-8-16)23-11-13-25-14-12-23/h3-10,18H,2,11-15H2,1H3,(H,21,22). The summed E-state index contributed by atoms with van der Waals surface area (Å²) in [5, 5.41) is 3.35. The highest BCUT2D eigenvalue weighted by molar-refractivity contribution is 5.94. The lowest BCUT2D eigenvalue weighted by atomic mass is 10.0. The Labute approximate surface area is 154 Å². The maximum absolute atomic E-state index is 12.2. The molecule has 1 saturated heterocycles. The smallest absolute Gasteiger partial charge is 0.341 e. The number of benzene rings is 1. The Hall–Kier alpha value is -2.44. The molecule has 1 atom stereocenters. The lowest BCUT2D eigenvalue weighted by Gasteiger charge is -2.35. The summed E-state index contributed by atoms with van der Waals surface area (Å²) in [6.07, 6.45) is 1.68. The third-order valence-corrected chi connectivity index (χ3v) is 4.44. The minimum absolute atomic E-state index is 0.178. The molecule has 6 nitrogen and oxygen atoms in total. The summed E-state index contributed by atoms with van der Waals surface area (Å²) in [4.78, 5) is 18.9. The van der Waals surface area contributed by atoms with Crippen molar-refractivity contribution in [2.75, 3.05) is 44.8 Å². The fraction of sp³-hybridized carbons (Fsp3) is 0.400. The first-order valence-corrected chi connectivity index (χ1v) is 9.02. The van der Waals surface area contributed by atoms with Crippen LogP contribution in [-0.4, -0.2) is 55.3 Å². The number of ether oxygens (including phenoxy) is 2. The molecule has 1 aromatic carbocycles. The van der Waals surface area contributed by atoms with E-state index >= 15 is 0 Å². The number of nitrogens with one attached hydrogen (secondary N) is 1. The molecule has 0 amide bonds. The minimum Gasteiger partial charge on any atom is -0.462 e. The van der Waals surface area contributed by atoms with Gasteiger partial charge in [-0.3, -0.25) is 4.90 Å². The number of pyridine rings is 1. The molecule has 26 heavy (non-hydrogen) atoms. The lowest BCUT2D eigenvalue weighted by molar-refractivity contribution is 0.0187. The number of carbonyl (C=O) groups is 1. The van der Waals surface area contributed by atoms with E-state index in [0.717, 1.165) is 26.3 Å². The number of rotatable bonds is 7. The molecule has 3 rings (SSSR count). The fourth-order valence-electron chi connectivity index (χ4n) is 3.14. The van der Waals surface area contributed by atoms with E-state index in [9.17, 15) is 4.79 Å². The summed E-state index contributed by atoms with van der Waals surface area (Å²) in [6.45, 7) is 6.02. The van der Waals surface area contributed by atoms with Gasteiger partial charge in [0, 0.05) is 25.8 Å². The Morgan fingerprint density at radius 3 is 2.73 bits per heavy atom. The van der Waals surface area contributed by atoms with Gasteiger partial charge in [0.15, 0.2) is 0 Å². The molecule has 0 radical (unpaired) electrons. The molecule has 6 heteroatoms. The average molecular weight is 355 g/mol. The van der Waals surface area contributed by atoms with Crippen molar-refractivity contribution in [2.45, 2.75) is 13.0 Å². The molecule has 1 N–H and O–H groups in total. The summed E-state index contributed by atoms with van der Waals surface area (Å²) in [6, 6.07) is 14.0. The largest absolute Gasteiger partial charge is 0.462 e. The van der Waals surface area contributed by atoms with Crippen molar-refractivity contribution in [2.24, 2.45) is 0 Å². The predicted octanol–water partition coefficient (Wildman–Crippen LogP) is 2.74. The molecule has 1 unspecified atom stereocenters. The number of esters is 1. The summed E-state index contributed by atoms with van der Waals surface area (Å²) in [5.74, 6) is 0.200. The van der Waals surface area contributed by atoms with Crippen molar-refractivity contribution in [1.29, 1.82) is 0 Å². The van der Waals surface area contributed by atoms with Crippen molar-refractivity contribution in [3.05, 3.63) is 59.8 Å². The average Bonchev–Trinajstić information content (AvgIpc) is 2.70. The Balaban J connectivity index is 1.77. The van der Waals surface area contributed by atoms with Gasteiger partial charge in [-0.25, -0.2) is 9.78 Å². The van der Waals surface area contributed by atoms with Crippen LogP contribution in [0.15, 0.2) is 48.7 Å². The van der Waals surface area contributed by atoms with Crippen molar-refractivity contribution in [1.82, 2.24) is 9.88 Å². The normalized spacial score (nSPS) is 16.0. The predicted molar refractivity (Wildman–Crippen MR) is 100 cm³/mol. The van der Waals surface area contributed by atoms with Gasteiger partial charge in [-0.15, -0.1) is 0 Å². The van der Waals surface area contributed by atoms with E-state index in [1.165, 1.54) is 5.56 Å². The van der Waals surface area contributed by atoms with Crippen molar-refractivity contribution in [3.8, 4) is 0 Å². The molecule has 1 aliphatic rings. The number of hydrogen-bond donors (Lipinski definition) is 1. The van der Waals surface area contributed by atoms with Gasteiger partial charge < -0.3 is 14.8 Å². The van der Waals surface area contributed by atoms with Crippen LogP contribution in [0, 0.1) is 0 Å². The summed E-state index contributed by atoms with van der Waals surface area (Å²) >= 11 is 0. The molecule has 1 fully saturated rings. The van der Waals surface area contributed by atoms with Crippen LogP contribution in [0.3, 0.4) is 0 Å². The number of anilines is 1. The van der Waals surface area contributed by atoms with E-state index in [4.69, 9.17) is 9.47 Å². The maximum atomic E-state index is 12.2. The van der Waals surface area contributed by atoms with Gasteiger partial charge in [-0.1, -0.05) is 30.3 Å². The molecular formula is C20H25N3O3. The Bertz CT molecular complexity index is 702. The Kier molecular flexibility index (Phi) is 6.57. The summed E-state index contributed by atoms with van der Waals surface area (Å²) in [7, 11) is 0. The zero-order chi connectivity index (χ0) is 18.2. The van der Waals surface area contributed by atoms with Gasteiger partial charge in [0.1, 0.15) is 11.4 Å². The molecule has 1 aromatic heterocycles. The van der Waals surface area contributed by atoms with E-state index < -0.39 is 0 Å². The van der Waals surface area contributed by atoms with Gasteiger partial charge in [0.25, 0.3) is 0 Å². The topological polar surface area (TPSA) is 63.7 Å². The second kappa shape index (κ2) is 9.31. The monoisotopic (exact) mass is 355 g/mol. The van der Waals surface area contributed by atoms with E-state index in [2.05, 4.69) is 27.3 Å². The number of morpholine rings is 1. The summed E-state index contributed by atoms with van der Waals surface area (Å²) in [5.41, 5.74) is 1.69. The first kappa shape index (κ1) is 18.4. The first-order valence-electron chi connectivity index (χ1n) is 9.02. The van der Waals surface area contributed by atoms with Crippen LogP contribution in [0.25, 0.3) is 0 Å². The molecule has 0 saturated carbocycles. The molecule has 2 aromatic rings. The SMILES string of the molecule is CCOC(=O)c1cccnc1NCC(c1ccccc1)N1CCOCC1. The fourth-order valence-corrected chi connectivity index (χ4v) is 3.14. The van der Waals surface area contributed by atoms with Crippen molar-refractivity contribution < 1.29 is 14.3 Å². The number of nitrogens with zero attached hydrogens (tertiary/aromatic N) is 2. The van der Waals surface area contributed by atoms with E-state index in [0.29, 0.717) is 24.5 Å². The molecule has 0 bridgehead atoms. The zero-order valence-corrected chi connectivity index (χ0v) is 15.1. The second-order valence-electron chi connectivity index (χ2n) is 6.08. The Morgan fingerprint density at radius 1 is 1.23 bits per heavy atom. The number of carbonyl (C=O) groups excluding carboxylic acids is 1. The van der Waals surface area contributed by atoms with Crippen LogP contribution in [0.2, 0.25) is 0 Å². The molecule has 0 spiro atoms. The van der Waals surface area contributed by atoms with Crippen molar-refractivity contribution >= 4 is 11.8 Å². The highest BCUT2D eigenvalue weighted by Gasteiger charge is 2.23. The van der Waals surface area contributed by atoms with Crippen LogP contribution in [-0.2, 0) is 9.47 Å². The van der Waals surface area contributed by atoms with Gasteiger partial charge in [-0.05, 0) is 24.6 Å². The van der Waals surface area contributed by atoms with Crippen LogP contribution < -0.4 is 5.32 Å². The molecular weight excluding hydrogens is 330 g/mol. The van der Waals surface area contributed by atoms with Crippen LogP contribution in [0.5, 0.6) is 0 Å². The minimum atomic E-state index is -0.356. The Morgan fingerprint density at radius 2 is 2.00 bits per heavy atom. The highest BCUT2D eigenvalue weighted by Crippen LogP contribution is 2.23. The molecule has 1 aliphatic heterocycles. The van der Waals surface area contributed by atoms with E-state index in [1.54, 1.807) is 25.3 Å². The first-order chi connectivity index (χ1) is 12.8. The van der Waals surface area contributed by atoms with Crippen LogP contribution >= 0.6 is 0 Å². The van der Waals surface area contributed by atoms with E-state index in [1.807, 2.05) is 18.2 Å². The maximum Gasteiger partial charge on any atom is 0.341 e. The second-order valence-corrected chi connectivity index (χ2v) is 6.08. The van der Waals surface area contributed by atoms with Gasteiger partial charge in [-0.2, -0.15) is 0 Å². The van der Waals surface area contributed by atoms with E-state index in [-0.39, 0.29) is 12.0 Å². The number of hydrogen-bond acceptors (Lipinski definition) is 6. The quantitative estimate of drug-likeness (QED) is 0.771. The van der Waals surface area contributed by atoms with Gasteiger partial charge >= 0.3 is 5.97 Å². The highest BCUT2D eigenvalue weighted by atomic mass is 16.5. The molecule has 0 aliphatic carbocycles. The van der Waals surface area contributed by atoms with Gasteiger partial charge in [0.05, 0.1) is 25.9 Å². The third kappa shape index (κ3) is 4.59. The molecule has 2 heterocycles. The van der Waals surface area contributed by atoms with Gasteiger partial charge in [0.2, 0.25) is 0 Å². The van der Waals surface area contributed by atoms with Crippen molar-refractivity contribution in [3.63, 3.8) is 0 Å². The lowest BCUT2D eigenvalue weighted by Crippen LogP contribution is -2.41. The number of aromatic nitrogens is 1. The van der Waals surface area contributed by atoms with Crippen LogP contribution in [0.4, 0.5) is 5.82 Å². The molecule has 138 valence electrons. The summed E-state index contributed by atoms with van der Waals surface area (Å²) < 4.78 is 10.6. The third-order valence-electron chi connectivity index (χ3n) is 4.44. The van der Waals surface area contributed by atoms with Crippen LogP contribution in [0.1, 0.15) is 28.9 Å². The zero-order valence-electron chi connectivity index (χ0n) is 15.1.